The summed E-state index contributed by atoms with van der Waals surface area (Å²) in [5, 5.41) is 14.6. The first-order valence-electron chi connectivity index (χ1n) is 7.42. The van der Waals surface area contributed by atoms with Crippen LogP contribution in [0, 0.1) is 35.8 Å². The quantitative estimate of drug-likeness (QED) is 0.655. The van der Waals surface area contributed by atoms with Crippen molar-refractivity contribution in [3.63, 3.8) is 0 Å². The summed E-state index contributed by atoms with van der Waals surface area (Å²) in [6.07, 6.45) is 3.66. The number of nitrogens with one attached hydrogen (secondary N) is 1. The Morgan fingerprint density at radius 3 is 2.55 bits per heavy atom. The number of benzene rings is 1. The molecule has 2 rings (SSSR count). The van der Waals surface area contributed by atoms with Crippen LogP contribution >= 0.6 is 0 Å². The van der Waals surface area contributed by atoms with Gasteiger partial charge in [-0.1, -0.05) is 26.7 Å². The molecule has 4 heteroatoms. The van der Waals surface area contributed by atoms with E-state index in [4.69, 9.17) is 0 Å². The fourth-order valence-electron chi connectivity index (χ4n) is 3.18. The molecule has 3 atom stereocenters. The highest BCUT2D eigenvalue weighted by Gasteiger charge is 2.27. The molecule has 0 aliphatic heterocycles. The van der Waals surface area contributed by atoms with Crippen molar-refractivity contribution in [2.45, 2.75) is 53.0 Å². The van der Waals surface area contributed by atoms with Gasteiger partial charge in [0.25, 0.3) is 5.69 Å². The Hall–Kier alpha value is -1.58. The zero-order valence-corrected chi connectivity index (χ0v) is 12.8. The van der Waals surface area contributed by atoms with Gasteiger partial charge in [-0.25, -0.2) is 0 Å². The summed E-state index contributed by atoms with van der Waals surface area (Å²) >= 11 is 0. The maximum Gasteiger partial charge on any atom is 0.274 e. The largest absolute Gasteiger partial charge is 0.382 e. The van der Waals surface area contributed by atoms with Gasteiger partial charge in [-0.05, 0) is 43.7 Å². The highest BCUT2D eigenvalue weighted by molar-refractivity contribution is 5.60. The summed E-state index contributed by atoms with van der Waals surface area (Å²) in [4.78, 5) is 10.8. The molecular formula is C16H24N2O2. The van der Waals surface area contributed by atoms with Crippen molar-refractivity contribution in [2.75, 3.05) is 5.32 Å². The first-order valence-corrected chi connectivity index (χ1v) is 7.42. The second-order valence-corrected chi connectivity index (χ2v) is 6.23. The lowest BCUT2D eigenvalue weighted by atomic mass is 9.78. The molecule has 1 aromatic rings. The Morgan fingerprint density at radius 2 is 1.90 bits per heavy atom. The molecule has 0 saturated heterocycles. The van der Waals surface area contributed by atoms with E-state index in [0.29, 0.717) is 17.9 Å². The number of aryl methyl sites for hydroxylation is 2. The van der Waals surface area contributed by atoms with Crippen LogP contribution in [0.1, 0.15) is 44.2 Å². The van der Waals surface area contributed by atoms with Crippen molar-refractivity contribution < 1.29 is 4.92 Å². The van der Waals surface area contributed by atoms with E-state index in [1.54, 1.807) is 13.0 Å². The molecule has 20 heavy (non-hydrogen) atoms. The lowest BCUT2D eigenvalue weighted by Crippen LogP contribution is -2.35. The standard InChI is InChI=1S/C16H24N2O2/c1-10-6-5-7-14(13(10)4)17-15-9-16(18(19)20)12(3)8-11(15)2/h8-10,13-14,17H,5-7H2,1-4H3. The average Bonchev–Trinajstić information content (AvgIpc) is 2.37. The monoisotopic (exact) mass is 276 g/mol. The Balaban J connectivity index is 2.24. The predicted molar refractivity (Wildman–Crippen MR) is 82.2 cm³/mol. The molecule has 0 amide bonds. The van der Waals surface area contributed by atoms with Gasteiger partial charge in [-0.2, -0.15) is 0 Å². The van der Waals surface area contributed by atoms with Gasteiger partial charge < -0.3 is 5.32 Å². The molecule has 1 aliphatic carbocycles. The third-order valence-corrected chi connectivity index (χ3v) is 4.79. The SMILES string of the molecule is Cc1cc(C)c([N+](=O)[O-])cc1NC1CCCC(C)C1C. The molecule has 0 spiro atoms. The molecule has 0 heterocycles. The van der Waals surface area contributed by atoms with E-state index in [2.05, 4.69) is 19.2 Å². The van der Waals surface area contributed by atoms with Gasteiger partial charge in [0.2, 0.25) is 0 Å². The number of hydrogen-bond acceptors (Lipinski definition) is 3. The third kappa shape index (κ3) is 2.94. The molecule has 3 unspecified atom stereocenters. The number of nitro groups is 1. The van der Waals surface area contributed by atoms with Crippen LogP contribution in [0.15, 0.2) is 12.1 Å². The number of anilines is 1. The summed E-state index contributed by atoms with van der Waals surface area (Å²) in [6, 6.07) is 4.01. The van der Waals surface area contributed by atoms with Crippen molar-refractivity contribution in [1.29, 1.82) is 0 Å². The molecule has 1 N–H and O–H groups in total. The van der Waals surface area contributed by atoms with Crippen LogP contribution < -0.4 is 5.32 Å². The average molecular weight is 276 g/mol. The number of nitro benzene ring substituents is 1. The van der Waals surface area contributed by atoms with Crippen LogP contribution in [0.3, 0.4) is 0 Å². The second-order valence-electron chi connectivity index (χ2n) is 6.23. The van der Waals surface area contributed by atoms with Crippen molar-refractivity contribution in [3.8, 4) is 0 Å². The molecule has 1 aliphatic rings. The summed E-state index contributed by atoms with van der Waals surface area (Å²) in [7, 11) is 0. The lowest BCUT2D eigenvalue weighted by molar-refractivity contribution is -0.385. The van der Waals surface area contributed by atoms with Gasteiger partial charge in [0, 0.05) is 23.4 Å². The smallest absolute Gasteiger partial charge is 0.274 e. The summed E-state index contributed by atoms with van der Waals surface area (Å²) in [6.45, 7) is 8.37. The normalized spacial score (nSPS) is 26.3. The van der Waals surface area contributed by atoms with Gasteiger partial charge in [-0.15, -0.1) is 0 Å². The third-order valence-electron chi connectivity index (χ3n) is 4.79. The molecule has 110 valence electrons. The van der Waals surface area contributed by atoms with E-state index in [-0.39, 0.29) is 10.6 Å². The molecule has 1 aromatic carbocycles. The Bertz CT molecular complexity index is 513. The fourth-order valence-corrected chi connectivity index (χ4v) is 3.18. The second kappa shape index (κ2) is 5.81. The van der Waals surface area contributed by atoms with Crippen molar-refractivity contribution in [2.24, 2.45) is 11.8 Å². The van der Waals surface area contributed by atoms with Crippen LogP contribution in [-0.2, 0) is 0 Å². The summed E-state index contributed by atoms with van der Waals surface area (Å²) in [5.74, 6) is 1.31. The van der Waals surface area contributed by atoms with Crippen LogP contribution in [0.4, 0.5) is 11.4 Å². The van der Waals surface area contributed by atoms with E-state index in [0.717, 1.165) is 23.2 Å². The van der Waals surface area contributed by atoms with Gasteiger partial charge in [0.15, 0.2) is 0 Å². The zero-order valence-electron chi connectivity index (χ0n) is 12.8. The predicted octanol–water partition coefficient (Wildman–Crippen LogP) is 4.45. The van der Waals surface area contributed by atoms with Crippen LogP contribution in [0.5, 0.6) is 0 Å². The minimum Gasteiger partial charge on any atom is -0.382 e. The highest BCUT2D eigenvalue weighted by Crippen LogP contribution is 2.33. The van der Waals surface area contributed by atoms with Gasteiger partial charge >= 0.3 is 0 Å². The maximum atomic E-state index is 11.1. The first-order chi connectivity index (χ1) is 9.40. The van der Waals surface area contributed by atoms with Crippen LogP contribution in [0.2, 0.25) is 0 Å². The van der Waals surface area contributed by atoms with Crippen LogP contribution in [0.25, 0.3) is 0 Å². The molecule has 4 nitrogen and oxygen atoms in total. The van der Waals surface area contributed by atoms with E-state index < -0.39 is 0 Å². The Morgan fingerprint density at radius 1 is 1.20 bits per heavy atom. The molecular weight excluding hydrogens is 252 g/mol. The van der Waals surface area contributed by atoms with Gasteiger partial charge in [-0.3, -0.25) is 10.1 Å². The van der Waals surface area contributed by atoms with E-state index in [1.807, 2.05) is 13.0 Å². The van der Waals surface area contributed by atoms with Gasteiger partial charge in [0.05, 0.1) is 4.92 Å². The summed E-state index contributed by atoms with van der Waals surface area (Å²) < 4.78 is 0. The number of hydrogen-bond donors (Lipinski definition) is 1. The van der Waals surface area contributed by atoms with E-state index in [9.17, 15) is 10.1 Å². The zero-order chi connectivity index (χ0) is 14.9. The number of nitrogens with zero attached hydrogens (tertiary/aromatic N) is 1. The molecule has 0 radical (unpaired) electrons. The van der Waals surface area contributed by atoms with Crippen molar-refractivity contribution >= 4 is 11.4 Å². The van der Waals surface area contributed by atoms with Crippen LogP contribution in [-0.4, -0.2) is 11.0 Å². The maximum absolute atomic E-state index is 11.1. The number of rotatable bonds is 3. The van der Waals surface area contributed by atoms with E-state index >= 15 is 0 Å². The molecule has 1 saturated carbocycles. The Labute approximate surface area is 120 Å². The first kappa shape index (κ1) is 14.8. The minimum absolute atomic E-state index is 0.203. The fraction of sp³-hybridized carbons (Fsp3) is 0.625. The summed E-state index contributed by atoms with van der Waals surface area (Å²) in [5.41, 5.74) is 2.92. The lowest BCUT2D eigenvalue weighted by Gasteiger charge is -2.35. The van der Waals surface area contributed by atoms with Crippen molar-refractivity contribution in [1.82, 2.24) is 0 Å². The molecule has 0 bridgehead atoms. The Kier molecular flexibility index (Phi) is 4.31. The topological polar surface area (TPSA) is 55.2 Å². The van der Waals surface area contributed by atoms with Gasteiger partial charge in [0.1, 0.15) is 0 Å². The minimum atomic E-state index is -0.299. The van der Waals surface area contributed by atoms with Crippen molar-refractivity contribution in [3.05, 3.63) is 33.4 Å². The van der Waals surface area contributed by atoms with E-state index in [1.165, 1.54) is 12.8 Å². The molecule has 0 aromatic heterocycles. The molecule has 1 fully saturated rings. The highest BCUT2D eigenvalue weighted by atomic mass is 16.6.